The zero-order valence-corrected chi connectivity index (χ0v) is 13.9. The first-order chi connectivity index (χ1) is 11.3. The second kappa shape index (κ2) is 6.64. The van der Waals surface area contributed by atoms with Crippen LogP contribution in [0.15, 0.2) is 58.5 Å². The van der Waals surface area contributed by atoms with E-state index in [0.29, 0.717) is 5.56 Å². The van der Waals surface area contributed by atoms with Gasteiger partial charge < -0.3 is 0 Å². The molecule has 7 heteroatoms. The quantitative estimate of drug-likeness (QED) is 0.478. The van der Waals surface area contributed by atoms with E-state index in [1.807, 2.05) is 6.92 Å². The Morgan fingerprint density at radius 3 is 2.08 bits per heavy atom. The van der Waals surface area contributed by atoms with Crippen molar-refractivity contribution in [2.75, 3.05) is 0 Å². The first-order valence-corrected chi connectivity index (χ1v) is 8.40. The van der Waals surface area contributed by atoms with Crippen LogP contribution in [-0.4, -0.2) is 13.3 Å². The predicted octanol–water partition coefficient (Wildman–Crippen LogP) is 3.98. The fraction of sp³-hybridized carbons (Fsp3) is 0.118. The molecule has 0 aromatic heterocycles. The molecule has 2 aromatic rings. The number of rotatable bonds is 4. The van der Waals surface area contributed by atoms with Crippen molar-refractivity contribution in [1.82, 2.24) is 0 Å². The van der Waals surface area contributed by atoms with E-state index in [1.165, 1.54) is 43.3 Å². The number of hydrogen-bond acceptors (Lipinski definition) is 4. The van der Waals surface area contributed by atoms with E-state index < -0.39 is 14.8 Å². The van der Waals surface area contributed by atoms with Gasteiger partial charge in [0.15, 0.2) is 0 Å². The Balaban J connectivity index is 2.56. The third-order valence-corrected chi connectivity index (χ3v) is 5.32. The Kier molecular flexibility index (Phi) is 4.81. The highest BCUT2D eigenvalue weighted by molar-refractivity contribution is 7.95. The van der Waals surface area contributed by atoms with Gasteiger partial charge in [0.25, 0.3) is 10.7 Å². The lowest BCUT2D eigenvalue weighted by Crippen LogP contribution is -2.04. The van der Waals surface area contributed by atoms with Crippen molar-refractivity contribution in [3.05, 3.63) is 86.2 Å². The molecule has 2 aromatic carbocycles. The number of nitrogens with zero attached hydrogens (tertiary/aromatic N) is 2. The van der Waals surface area contributed by atoms with Crippen molar-refractivity contribution in [1.29, 1.82) is 0 Å². The van der Waals surface area contributed by atoms with Crippen LogP contribution in [0.2, 0.25) is 0 Å². The molecule has 0 fully saturated rings. The van der Waals surface area contributed by atoms with E-state index in [0.717, 1.165) is 5.56 Å². The monoisotopic (exact) mass is 342 g/mol. The highest BCUT2D eigenvalue weighted by Crippen LogP contribution is 2.29. The van der Waals surface area contributed by atoms with Crippen molar-refractivity contribution in [3.63, 3.8) is 0 Å². The summed E-state index contributed by atoms with van der Waals surface area (Å²) in [5.74, 6) is 0. The van der Waals surface area contributed by atoms with E-state index in [1.54, 1.807) is 12.1 Å². The molecular weight excluding hydrogens is 328 g/mol. The summed E-state index contributed by atoms with van der Waals surface area (Å²) in [5.41, 5.74) is 1.51. The fourth-order valence-corrected chi connectivity index (χ4v) is 3.49. The van der Waals surface area contributed by atoms with Crippen LogP contribution in [-0.2, 0) is 9.84 Å². The zero-order chi connectivity index (χ0) is 17.9. The zero-order valence-electron chi connectivity index (χ0n) is 13.1. The van der Waals surface area contributed by atoms with Gasteiger partial charge in [0, 0.05) is 12.1 Å². The third kappa shape index (κ3) is 3.34. The summed E-state index contributed by atoms with van der Waals surface area (Å²) in [7, 11) is -3.95. The normalized spacial score (nSPS) is 12.2. The second-order valence-electron chi connectivity index (χ2n) is 5.16. The Labute approximate surface area is 140 Å². The molecule has 0 aliphatic carbocycles. The summed E-state index contributed by atoms with van der Waals surface area (Å²) in [5, 5.41) is 10.3. The van der Waals surface area contributed by atoms with Gasteiger partial charge in [-0.15, -0.1) is 0 Å². The number of sulfone groups is 1. The molecule has 24 heavy (non-hydrogen) atoms. The number of nitro groups is 1. The minimum atomic E-state index is -3.95. The molecule has 0 saturated carbocycles. The third-order valence-electron chi connectivity index (χ3n) is 3.52. The van der Waals surface area contributed by atoms with Gasteiger partial charge in [-0.05, 0) is 49.2 Å². The van der Waals surface area contributed by atoms with Crippen molar-refractivity contribution in [2.24, 2.45) is 0 Å². The van der Waals surface area contributed by atoms with Crippen molar-refractivity contribution in [2.45, 2.75) is 18.7 Å². The number of allylic oxidation sites excluding steroid dienone is 1. The standard InChI is InChI=1S/C17H14N2O4S/c1-12-4-10-16(11-5-12)24(22,23)17(18-3)13(2)14-6-8-15(9-7-14)19(20)21/h4-11H,1-2H3. The van der Waals surface area contributed by atoms with Gasteiger partial charge in [-0.1, -0.05) is 17.7 Å². The van der Waals surface area contributed by atoms with Crippen LogP contribution >= 0.6 is 0 Å². The number of benzene rings is 2. The summed E-state index contributed by atoms with van der Waals surface area (Å²) in [6, 6.07) is 11.7. The summed E-state index contributed by atoms with van der Waals surface area (Å²) in [6.45, 7) is 10.6. The number of non-ortho nitro benzene ring substituents is 1. The molecule has 0 N–H and O–H groups in total. The van der Waals surface area contributed by atoms with E-state index in [4.69, 9.17) is 6.57 Å². The molecule has 2 rings (SSSR count). The molecular formula is C17H14N2O4S. The van der Waals surface area contributed by atoms with Gasteiger partial charge >= 0.3 is 0 Å². The average Bonchev–Trinajstić information content (AvgIpc) is 2.55. The molecule has 0 radical (unpaired) electrons. The van der Waals surface area contributed by atoms with Crippen LogP contribution in [0.4, 0.5) is 5.69 Å². The molecule has 0 atom stereocenters. The van der Waals surface area contributed by atoms with Crippen LogP contribution in [0.25, 0.3) is 10.4 Å². The van der Waals surface area contributed by atoms with Crippen LogP contribution in [0, 0.1) is 23.6 Å². The van der Waals surface area contributed by atoms with Crippen molar-refractivity contribution < 1.29 is 13.3 Å². The second-order valence-corrected chi connectivity index (χ2v) is 7.03. The highest BCUT2D eigenvalue weighted by atomic mass is 32.2. The summed E-state index contributed by atoms with van der Waals surface area (Å²) < 4.78 is 25.4. The maximum atomic E-state index is 12.7. The van der Waals surface area contributed by atoms with Gasteiger partial charge in [-0.25, -0.2) is 13.3 Å². The van der Waals surface area contributed by atoms with E-state index in [2.05, 4.69) is 4.85 Å². The topological polar surface area (TPSA) is 81.6 Å². The van der Waals surface area contributed by atoms with E-state index in [-0.39, 0.29) is 21.2 Å². The Hall–Kier alpha value is -2.98. The van der Waals surface area contributed by atoms with E-state index >= 15 is 0 Å². The summed E-state index contributed by atoms with van der Waals surface area (Å²) in [4.78, 5) is 13.4. The largest absolute Gasteiger partial charge is 0.286 e. The van der Waals surface area contributed by atoms with Crippen LogP contribution < -0.4 is 0 Å². The lowest BCUT2D eigenvalue weighted by Gasteiger charge is -2.08. The smallest absolute Gasteiger partial charge is 0.258 e. The van der Waals surface area contributed by atoms with Gasteiger partial charge in [0.2, 0.25) is 9.84 Å². The number of hydrogen-bond donors (Lipinski definition) is 0. The molecule has 0 saturated heterocycles. The summed E-state index contributed by atoms with van der Waals surface area (Å²) in [6.07, 6.45) is 0. The van der Waals surface area contributed by atoms with Crippen LogP contribution in [0.3, 0.4) is 0 Å². The molecule has 122 valence electrons. The lowest BCUT2D eigenvalue weighted by molar-refractivity contribution is -0.384. The van der Waals surface area contributed by atoms with Crippen LogP contribution in [0.1, 0.15) is 18.1 Å². The van der Waals surface area contributed by atoms with Crippen molar-refractivity contribution >= 4 is 21.1 Å². The fourth-order valence-electron chi connectivity index (χ4n) is 2.13. The molecule has 0 heterocycles. The first-order valence-electron chi connectivity index (χ1n) is 6.92. The van der Waals surface area contributed by atoms with Gasteiger partial charge in [-0.2, -0.15) is 0 Å². The molecule has 0 bridgehead atoms. The first kappa shape index (κ1) is 17.4. The van der Waals surface area contributed by atoms with Crippen molar-refractivity contribution in [3.8, 4) is 0 Å². The Morgan fingerprint density at radius 2 is 1.62 bits per heavy atom. The molecule has 0 aliphatic rings. The predicted molar refractivity (Wildman–Crippen MR) is 90.7 cm³/mol. The SMILES string of the molecule is [C-]#[N+]C(=C(C)c1ccc([N+](=O)[O-])cc1)S(=O)(=O)c1ccc(C)cc1. The highest BCUT2D eigenvalue weighted by Gasteiger charge is 2.24. The molecule has 0 amide bonds. The minimum absolute atomic E-state index is 0.0420. The maximum Gasteiger partial charge on any atom is 0.286 e. The lowest BCUT2D eigenvalue weighted by atomic mass is 10.1. The number of nitro benzene ring substituents is 1. The minimum Gasteiger partial charge on any atom is -0.258 e. The molecule has 6 nitrogen and oxygen atoms in total. The van der Waals surface area contributed by atoms with Gasteiger partial charge in [-0.3, -0.25) is 10.1 Å². The Morgan fingerprint density at radius 1 is 1.08 bits per heavy atom. The van der Waals surface area contributed by atoms with E-state index in [9.17, 15) is 18.5 Å². The molecule has 0 unspecified atom stereocenters. The summed E-state index contributed by atoms with van der Waals surface area (Å²) >= 11 is 0. The molecule has 0 spiro atoms. The number of aryl methyl sites for hydroxylation is 1. The van der Waals surface area contributed by atoms with Crippen LogP contribution in [0.5, 0.6) is 0 Å². The average molecular weight is 342 g/mol. The molecule has 0 aliphatic heterocycles. The van der Waals surface area contributed by atoms with Gasteiger partial charge in [0.05, 0.1) is 16.4 Å². The van der Waals surface area contributed by atoms with Gasteiger partial charge in [0.1, 0.15) is 0 Å². The Bertz CT molecular complexity index is 951. The maximum absolute atomic E-state index is 12.7.